The van der Waals surface area contributed by atoms with Crippen LogP contribution in [0.5, 0.6) is 5.75 Å². The maximum Gasteiger partial charge on any atom is 0.234 e. The summed E-state index contributed by atoms with van der Waals surface area (Å²) in [4.78, 5) is 21.7. The van der Waals surface area contributed by atoms with Crippen molar-refractivity contribution < 1.29 is 15.3 Å². The maximum absolute atomic E-state index is 14.3. The first-order valence-corrected chi connectivity index (χ1v) is 9.08. The molecule has 1 amide bonds. The highest BCUT2D eigenvalue weighted by atomic mass is 35.5. The Bertz CT molecular complexity index is 1080. The van der Waals surface area contributed by atoms with E-state index in [0.717, 1.165) is 0 Å². The van der Waals surface area contributed by atoms with E-state index in [1.807, 2.05) is 0 Å². The molecule has 1 aromatic heterocycles. The first-order valence-electron chi connectivity index (χ1n) is 9.41. The summed E-state index contributed by atoms with van der Waals surface area (Å²) in [7, 11) is 1.39. The highest BCUT2D eigenvalue weighted by molar-refractivity contribution is 6.31. The van der Waals surface area contributed by atoms with Gasteiger partial charge in [-0.25, -0.2) is 14.4 Å². The molecule has 0 saturated heterocycles. The van der Waals surface area contributed by atoms with E-state index < -0.39 is 17.8 Å². The van der Waals surface area contributed by atoms with Gasteiger partial charge in [-0.05, 0) is 32.1 Å². The van der Waals surface area contributed by atoms with Crippen LogP contribution in [-0.2, 0) is 11.3 Å². The largest absolute Gasteiger partial charge is 0.496 e. The molecule has 0 unspecified atom stereocenters. The molecule has 0 aliphatic carbocycles. The first-order chi connectivity index (χ1) is 14.3. The molecule has 0 spiro atoms. The monoisotopic (exact) mass is 418 g/mol. The van der Waals surface area contributed by atoms with Crippen molar-refractivity contribution in [1.82, 2.24) is 14.9 Å². The van der Waals surface area contributed by atoms with Gasteiger partial charge in [0.05, 0.1) is 29.4 Å². The van der Waals surface area contributed by atoms with Crippen molar-refractivity contribution in [1.29, 1.82) is 0 Å². The number of carbonyl (C=O) groups excluding carboxylic acids is 1. The van der Waals surface area contributed by atoms with Crippen LogP contribution >= 0.6 is 11.6 Å². The molecule has 9 heteroatoms. The van der Waals surface area contributed by atoms with E-state index in [2.05, 4.69) is 15.3 Å². The van der Waals surface area contributed by atoms with Crippen LogP contribution in [0.25, 0.3) is 10.9 Å². The Morgan fingerprint density at radius 3 is 2.93 bits per heavy atom. The number of hydrogen-bond acceptors (Lipinski definition) is 6. The molecule has 152 valence electrons. The number of likely N-dealkylation sites (N-methyl/N-ethyl adjacent to an activating group) is 1. The molecule has 3 rings (SSSR count). The second-order valence-electron chi connectivity index (χ2n) is 6.46. The van der Waals surface area contributed by atoms with Crippen molar-refractivity contribution in [3.8, 4) is 5.75 Å². The number of ether oxygens (including phenoxy) is 1. The lowest BCUT2D eigenvalue weighted by atomic mass is 10.1. The molecule has 3 aromatic rings. The van der Waals surface area contributed by atoms with E-state index in [9.17, 15) is 9.18 Å². The van der Waals surface area contributed by atoms with Crippen LogP contribution in [0.4, 0.5) is 15.9 Å². The number of nitrogens with one attached hydrogen (secondary N) is 1. The van der Waals surface area contributed by atoms with E-state index >= 15 is 0 Å². The number of fused-ring (bicyclic) bond motifs is 1. The molecule has 2 aromatic carbocycles. The van der Waals surface area contributed by atoms with Gasteiger partial charge in [0, 0.05) is 24.9 Å². The number of primary amides is 1. The van der Waals surface area contributed by atoms with Crippen LogP contribution < -0.4 is 15.8 Å². The SMILES string of the molecule is [2H]CN(Cc1cc2c(Nc3cccc(Cl)c3F)ncnc2cc1OC)[C@@H](C)C(N)=O. The van der Waals surface area contributed by atoms with Gasteiger partial charge in [0.25, 0.3) is 0 Å². The zero-order chi connectivity index (χ0) is 21.8. The Balaban J connectivity index is 2.05. The van der Waals surface area contributed by atoms with E-state index in [4.69, 9.17) is 23.4 Å². The highest BCUT2D eigenvalue weighted by Crippen LogP contribution is 2.32. The lowest BCUT2D eigenvalue weighted by Gasteiger charge is -2.23. The van der Waals surface area contributed by atoms with Crippen LogP contribution in [0.3, 0.4) is 0 Å². The number of nitrogens with zero attached hydrogens (tertiary/aromatic N) is 3. The summed E-state index contributed by atoms with van der Waals surface area (Å²) in [5.74, 6) is -0.193. The number of hydrogen-bond donors (Lipinski definition) is 2. The summed E-state index contributed by atoms with van der Waals surface area (Å²) < 4.78 is 27.6. The second kappa shape index (κ2) is 8.59. The minimum absolute atomic E-state index is 0.00718. The predicted molar refractivity (Wildman–Crippen MR) is 111 cm³/mol. The molecule has 3 N–H and O–H groups in total. The number of nitrogens with two attached hydrogens (primary N) is 1. The number of aromatic nitrogens is 2. The zero-order valence-corrected chi connectivity index (χ0v) is 16.7. The van der Waals surface area contributed by atoms with Gasteiger partial charge < -0.3 is 15.8 Å². The average molecular weight is 419 g/mol. The van der Waals surface area contributed by atoms with Crippen LogP contribution in [0.1, 0.15) is 13.9 Å². The minimum Gasteiger partial charge on any atom is -0.496 e. The molecule has 7 nitrogen and oxygen atoms in total. The number of rotatable bonds is 7. The summed E-state index contributed by atoms with van der Waals surface area (Å²) in [5, 5.41) is 3.56. The number of anilines is 2. The molecule has 1 atom stereocenters. The van der Waals surface area contributed by atoms with E-state index in [0.29, 0.717) is 28.0 Å². The van der Waals surface area contributed by atoms with Gasteiger partial charge in [0.2, 0.25) is 5.91 Å². The zero-order valence-electron chi connectivity index (χ0n) is 16.9. The van der Waals surface area contributed by atoms with Crippen molar-refractivity contribution >= 4 is 39.9 Å². The number of methoxy groups -OCH3 is 1. The fourth-order valence-corrected chi connectivity index (χ4v) is 2.98. The quantitative estimate of drug-likeness (QED) is 0.610. The molecule has 29 heavy (non-hydrogen) atoms. The maximum atomic E-state index is 14.3. The molecule has 1 heterocycles. The molecule has 0 fully saturated rings. The molecule has 0 aliphatic heterocycles. The van der Waals surface area contributed by atoms with Gasteiger partial charge in [-0.3, -0.25) is 9.69 Å². The van der Waals surface area contributed by atoms with Gasteiger partial charge in [0.15, 0.2) is 5.82 Å². The highest BCUT2D eigenvalue weighted by Gasteiger charge is 2.18. The van der Waals surface area contributed by atoms with E-state index in [-0.39, 0.29) is 24.3 Å². The Labute approximate surface area is 174 Å². The Morgan fingerprint density at radius 1 is 1.45 bits per heavy atom. The van der Waals surface area contributed by atoms with Crippen molar-refractivity contribution in [3.05, 3.63) is 53.1 Å². The normalized spacial score (nSPS) is 12.7. The van der Waals surface area contributed by atoms with Gasteiger partial charge in [0.1, 0.15) is 17.9 Å². The van der Waals surface area contributed by atoms with E-state index in [1.165, 1.54) is 19.5 Å². The summed E-state index contributed by atoms with van der Waals surface area (Å²) in [6.07, 6.45) is 1.36. The lowest BCUT2D eigenvalue weighted by Crippen LogP contribution is -2.39. The predicted octanol–water partition coefficient (Wildman–Crippen LogP) is 3.48. The first kappa shape index (κ1) is 19.4. The van der Waals surface area contributed by atoms with Crippen molar-refractivity contribution in [3.63, 3.8) is 0 Å². The third-order valence-electron chi connectivity index (χ3n) is 4.58. The summed E-state index contributed by atoms with van der Waals surface area (Å²) in [6.45, 7) is 1.88. The summed E-state index contributed by atoms with van der Waals surface area (Å²) >= 11 is 5.87. The number of amides is 1. The number of carbonyl (C=O) groups is 1. The third kappa shape index (κ3) is 4.38. The number of halogens is 2. The van der Waals surface area contributed by atoms with Crippen molar-refractivity contribution in [2.75, 3.05) is 19.5 Å². The molecule has 0 radical (unpaired) electrons. The lowest BCUT2D eigenvalue weighted by molar-refractivity contribution is -0.122. The molecular weight excluding hydrogens is 397 g/mol. The third-order valence-corrected chi connectivity index (χ3v) is 4.87. The van der Waals surface area contributed by atoms with Gasteiger partial charge in [-0.1, -0.05) is 17.7 Å². The van der Waals surface area contributed by atoms with Gasteiger partial charge in [-0.15, -0.1) is 0 Å². The molecule has 0 aliphatic rings. The van der Waals surface area contributed by atoms with Crippen LogP contribution in [0.2, 0.25) is 5.02 Å². The minimum atomic E-state index is -0.631. The molecular formula is C20H21ClFN5O2. The standard InChI is InChI=1S/C20H21ClFN5O2/c1-11(19(23)28)27(2)9-12-7-13-16(8-17(12)29-3)24-10-25-20(13)26-15-6-4-5-14(21)18(15)22/h4-8,10-11H,9H2,1-3H3,(H2,23,28)(H,24,25,26)/t11-/m0/s1/i2D. The Morgan fingerprint density at radius 2 is 2.24 bits per heavy atom. The fraction of sp³-hybridized carbons (Fsp3) is 0.250. The molecule has 0 bridgehead atoms. The topological polar surface area (TPSA) is 93.4 Å². The van der Waals surface area contributed by atoms with Crippen LogP contribution in [-0.4, -0.2) is 41.0 Å². The molecule has 0 saturated carbocycles. The summed E-state index contributed by atoms with van der Waals surface area (Å²) in [5.41, 5.74) is 6.85. The average Bonchev–Trinajstić information content (AvgIpc) is 2.74. The van der Waals surface area contributed by atoms with Crippen LogP contribution in [0.15, 0.2) is 36.7 Å². The van der Waals surface area contributed by atoms with E-state index in [1.54, 1.807) is 36.1 Å². The number of benzene rings is 2. The Kier molecular flexibility index (Phi) is 5.73. The second-order valence-corrected chi connectivity index (χ2v) is 6.86. The van der Waals surface area contributed by atoms with Crippen LogP contribution in [0, 0.1) is 5.82 Å². The Hall–Kier alpha value is -2.97. The smallest absolute Gasteiger partial charge is 0.234 e. The van der Waals surface area contributed by atoms with Crippen molar-refractivity contribution in [2.24, 2.45) is 5.73 Å². The fourth-order valence-electron chi connectivity index (χ4n) is 2.81. The van der Waals surface area contributed by atoms with Gasteiger partial charge >= 0.3 is 0 Å². The summed E-state index contributed by atoms with van der Waals surface area (Å²) in [6, 6.07) is 7.52. The van der Waals surface area contributed by atoms with Gasteiger partial charge in [-0.2, -0.15) is 0 Å². The van der Waals surface area contributed by atoms with Crippen molar-refractivity contribution in [2.45, 2.75) is 19.5 Å².